The summed E-state index contributed by atoms with van der Waals surface area (Å²) in [5.41, 5.74) is 0.273. The first-order valence-electron chi connectivity index (χ1n) is 4.49. The van der Waals surface area contributed by atoms with E-state index in [0.29, 0.717) is 12.4 Å². The molecule has 0 aliphatic carbocycles. The van der Waals surface area contributed by atoms with Crippen LogP contribution in [-0.4, -0.2) is 17.7 Å². The van der Waals surface area contributed by atoms with E-state index in [9.17, 15) is 4.79 Å². The third kappa shape index (κ3) is 3.09. The van der Waals surface area contributed by atoms with Gasteiger partial charge in [0.1, 0.15) is 5.75 Å². The Bertz CT molecular complexity index is 290. The van der Waals surface area contributed by atoms with Crippen LogP contribution in [0.1, 0.15) is 23.2 Å². The van der Waals surface area contributed by atoms with Crippen molar-refractivity contribution in [2.45, 2.75) is 12.8 Å². The Hall–Kier alpha value is -1.51. The summed E-state index contributed by atoms with van der Waals surface area (Å²) in [4.78, 5) is 10.5. The summed E-state index contributed by atoms with van der Waals surface area (Å²) in [6.45, 7) is 4.32. The van der Waals surface area contributed by atoms with Crippen LogP contribution in [0.3, 0.4) is 0 Å². The molecule has 0 bridgehead atoms. The molecule has 1 radical (unpaired) electrons. The lowest BCUT2D eigenvalue weighted by atomic mass is 10.2. The van der Waals surface area contributed by atoms with Gasteiger partial charge < -0.3 is 9.84 Å². The Morgan fingerprint density at radius 2 is 2.00 bits per heavy atom. The number of hydrogen-bond acceptors (Lipinski definition) is 2. The second kappa shape index (κ2) is 5.27. The highest BCUT2D eigenvalue weighted by molar-refractivity contribution is 5.87. The van der Waals surface area contributed by atoms with E-state index in [1.165, 1.54) is 12.1 Å². The number of carboxylic acids is 1. The van der Waals surface area contributed by atoms with Gasteiger partial charge in [0.15, 0.2) is 0 Å². The van der Waals surface area contributed by atoms with Gasteiger partial charge in [-0.3, -0.25) is 0 Å². The lowest BCUT2D eigenvalue weighted by Crippen LogP contribution is -1.98. The van der Waals surface area contributed by atoms with Crippen molar-refractivity contribution >= 4 is 5.97 Å². The topological polar surface area (TPSA) is 46.5 Å². The zero-order valence-corrected chi connectivity index (χ0v) is 7.90. The van der Waals surface area contributed by atoms with E-state index in [1.807, 2.05) is 0 Å². The standard InChI is InChI=1S/C11H13O3/c1-2-3-8-14-10-6-4-9(5-7-10)11(12)13/h4-7H,1-3,8H2,(H,12,13). The largest absolute Gasteiger partial charge is 0.494 e. The van der Waals surface area contributed by atoms with E-state index in [0.717, 1.165) is 12.8 Å². The first-order chi connectivity index (χ1) is 6.74. The molecule has 3 heteroatoms. The van der Waals surface area contributed by atoms with Gasteiger partial charge in [-0.15, -0.1) is 0 Å². The number of unbranched alkanes of at least 4 members (excludes halogenated alkanes) is 1. The van der Waals surface area contributed by atoms with Crippen LogP contribution in [0.25, 0.3) is 0 Å². The van der Waals surface area contributed by atoms with E-state index < -0.39 is 5.97 Å². The van der Waals surface area contributed by atoms with E-state index in [4.69, 9.17) is 9.84 Å². The molecule has 0 heterocycles. The molecular formula is C11H13O3. The fraction of sp³-hybridized carbons (Fsp3) is 0.273. The maximum absolute atomic E-state index is 10.5. The van der Waals surface area contributed by atoms with Crippen LogP contribution in [0.4, 0.5) is 0 Å². The van der Waals surface area contributed by atoms with Gasteiger partial charge in [-0.2, -0.15) is 0 Å². The first-order valence-corrected chi connectivity index (χ1v) is 4.49. The predicted octanol–water partition coefficient (Wildman–Crippen LogP) is 2.38. The lowest BCUT2D eigenvalue weighted by Gasteiger charge is -2.04. The van der Waals surface area contributed by atoms with Gasteiger partial charge >= 0.3 is 5.97 Å². The molecule has 1 rings (SSSR count). The summed E-state index contributed by atoms with van der Waals surface area (Å²) in [5, 5.41) is 8.64. The van der Waals surface area contributed by atoms with Crippen molar-refractivity contribution in [3.8, 4) is 5.75 Å². The van der Waals surface area contributed by atoms with E-state index in [1.54, 1.807) is 12.1 Å². The van der Waals surface area contributed by atoms with Crippen molar-refractivity contribution in [3.63, 3.8) is 0 Å². The number of aromatic carboxylic acids is 1. The second-order valence-electron chi connectivity index (χ2n) is 2.89. The van der Waals surface area contributed by atoms with Gasteiger partial charge in [-0.1, -0.05) is 13.3 Å². The maximum Gasteiger partial charge on any atom is 0.335 e. The summed E-state index contributed by atoms with van der Waals surface area (Å²) >= 11 is 0. The average molecular weight is 193 g/mol. The molecule has 0 amide bonds. The zero-order chi connectivity index (χ0) is 10.4. The zero-order valence-electron chi connectivity index (χ0n) is 7.90. The molecule has 0 unspecified atom stereocenters. The molecule has 1 N–H and O–H groups in total. The number of ether oxygens (including phenoxy) is 1. The van der Waals surface area contributed by atoms with Gasteiger partial charge in [0.05, 0.1) is 12.2 Å². The fourth-order valence-electron chi connectivity index (χ4n) is 0.986. The molecule has 0 saturated heterocycles. The highest BCUT2D eigenvalue weighted by Gasteiger charge is 2.01. The Morgan fingerprint density at radius 1 is 1.36 bits per heavy atom. The summed E-state index contributed by atoms with van der Waals surface area (Å²) in [6, 6.07) is 6.38. The number of hydrogen-bond donors (Lipinski definition) is 1. The monoisotopic (exact) mass is 193 g/mol. The van der Waals surface area contributed by atoms with Crippen molar-refractivity contribution < 1.29 is 14.6 Å². The molecule has 75 valence electrons. The number of carbonyl (C=O) groups is 1. The summed E-state index contributed by atoms with van der Waals surface area (Å²) in [7, 11) is 0. The third-order valence-electron chi connectivity index (χ3n) is 1.76. The lowest BCUT2D eigenvalue weighted by molar-refractivity contribution is 0.0697. The first kappa shape index (κ1) is 10.6. The Kier molecular flexibility index (Phi) is 3.98. The van der Waals surface area contributed by atoms with Gasteiger partial charge in [-0.05, 0) is 30.7 Å². The molecule has 14 heavy (non-hydrogen) atoms. The van der Waals surface area contributed by atoms with Crippen LogP contribution in [0.5, 0.6) is 5.75 Å². The summed E-state index contributed by atoms with van der Waals surface area (Å²) in [6.07, 6.45) is 1.74. The Morgan fingerprint density at radius 3 is 2.50 bits per heavy atom. The van der Waals surface area contributed by atoms with E-state index >= 15 is 0 Å². The number of carboxylic acid groups (broad SMARTS) is 1. The SMILES string of the molecule is [CH2]CCCOc1ccc(C(=O)O)cc1. The average Bonchev–Trinajstić information content (AvgIpc) is 2.19. The van der Waals surface area contributed by atoms with Crippen molar-refractivity contribution in [1.29, 1.82) is 0 Å². The fourth-order valence-corrected chi connectivity index (χ4v) is 0.986. The third-order valence-corrected chi connectivity index (χ3v) is 1.76. The van der Waals surface area contributed by atoms with Crippen LogP contribution >= 0.6 is 0 Å². The molecule has 0 aliphatic rings. The van der Waals surface area contributed by atoms with Crippen LogP contribution in [0.2, 0.25) is 0 Å². The molecule has 1 aromatic carbocycles. The smallest absolute Gasteiger partial charge is 0.335 e. The molecule has 0 spiro atoms. The van der Waals surface area contributed by atoms with Gasteiger partial charge in [-0.25, -0.2) is 4.79 Å². The van der Waals surface area contributed by atoms with Crippen molar-refractivity contribution in [3.05, 3.63) is 36.8 Å². The minimum atomic E-state index is -0.922. The molecular weight excluding hydrogens is 180 g/mol. The summed E-state index contributed by atoms with van der Waals surface area (Å²) in [5.74, 6) is -0.224. The predicted molar refractivity (Wildman–Crippen MR) is 53.5 cm³/mol. The highest BCUT2D eigenvalue weighted by Crippen LogP contribution is 2.12. The van der Waals surface area contributed by atoms with Crippen LogP contribution in [0, 0.1) is 6.92 Å². The van der Waals surface area contributed by atoms with E-state index in [2.05, 4.69) is 6.92 Å². The molecule has 1 aromatic rings. The number of rotatable bonds is 5. The Balaban J connectivity index is 2.51. The summed E-state index contributed by atoms with van der Waals surface area (Å²) < 4.78 is 5.35. The van der Waals surface area contributed by atoms with Crippen LogP contribution in [0.15, 0.2) is 24.3 Å². The maximum atomic E-state index is 10.5. The molecule has 0 fully saturated rings. The van der Waals surface area contributed by atoms with Gasteiger partial charge in [0, 0.05) is 0 Å². The minimum Gasteiger partial charge on any atom is -0.494 e. The molecule has 0 saturated carbocycles. The van der Waals surface area contributed by atoms with Crippen molar-refractivity contribution in [1.82, 2.24) is 0 Å². The van der Waals surface area contributed by atoms with Crippen LogP contribution in [-0.2, 0) is 0 Å². The molecule has 0 aliphatic heterocycles. The molecule has 0 atom stereocenters. The Labute approximate surface area is 83.3 Å². The normalized spacial score (nSPS) is 9.79. The van der Waals surface area contributed by atoms with Gasteiger partial charge in [0.25, 0.3) is 0 Å². The quantitative estimate of drug-likeness (QED) is 0.730. The second-order valence-corrected chi connectivity index (χ2v) is 2.89. The highest BCUT2D eigenvalue weighted by atomic mass is 16.5. The number of benzene rings is 1. The van der Waals surface area contributed by atoms with Gasteiger partial charge in [0.2, 0.25) is 0 Å². The van der Waals surface area contributed by atoms with Crippen molar-refractivity contribution in [2.75, 3.05) is 6.61 Å². The minimum absolute atomic E-state index is 0.273. The van der Waals surface area contributed by atoms with E-state index in [-0.39, 0.29) is 5.56 Å². The van der Waals surface area contributed by atoms with Crippen molar-refractivity contribution in [2.24, 2.45) is 0 Å². The van der Waals surface area contributed by atoms with Crippen LogP contribution < -0.4 is 4.74 Å². The molecule has 3 nitrogen and oxygen atoms in total. The molecule has 0 aromatic heterocycles.